The maximum Gasteiger partial charge on any atom is 0.294 e. The Hall–Kier alpha value is -4.10. The first kappa shape index (κ1) is 15.8. The van der Waals surface area contributed by atoms with E-state index in [0.29, 0.717) is 11.4 Å². The van der Waals surface area contributed by atoms with E-state index in [1.54, 1.807) is 18.2 Å². The van der Waals surface area contributed by atoms with Gasteiger partial charge in [-0.3, -0.25) is 10.1 Å². The van der Waals surface area contributed by atoms with E-state index in [2.05, 4.69) is 5.32 Å². The third kappa shape index (κ3) is 2.90. The molecule has 0 unspecified atom stereocenters. The Morgan fingerprint density at radius 3 is 2.16 bits per heavy atom. The van der Waals surface area contributed by atoms with Crippen LogP contribution in [-0.4, -0.2) is 4.92 Å². The Morgan fingerprint density at radius 1 is 0.960 bits per heavy atom. The lowest BCUT2D eigenvalue weighted by molar-refractivity contribution is -0.383. The number of nitrogens with one attached hydrogen (secondary N) is 1. The summed E-state index contributed by atoms with van der Waals surface area (Å²) in [5.74, 6) is 0. The number of nitrogens with zero attached hydrogens (tertiary/aromatic N) is 3. The van der Waals surface area contributed by atoms with E-state index in [9.17, 15) is 10.1 Å². The minimum absolute atomic E-state index is 0.0498. The van der Waals surface area contributed by atoms with Gasteiger partial charge in [0.2, 0.25) is 0 Å². The quantitative estimate of drug-likeness (QED) is 0.427. The molecular formula is C18H11N5O2. The lowest BCUT2D eigenvalue weighted by Gasteiger charge is -2.12. The molecule has 3 aromatic carbocycles. The van der Waals surface area contributed by atoms with Crippen molar-refractivity contribution >= 4 is 33.5 Å². The topological polar surface area (TPSA) is 129 Å². The van der Waals surface area contributed by atoms with Crippen LogP contribution in [0.3, 0.4) is 0 Å². The molecule has 0 bridgehead atoms. The minimum atomic E-state index is -0.610. The van der Waals surface area contributed by atoms with Gasteiger partial charge in [-0.15, -0.1) is 0 Å². The lowest BCUT2D eigenvalue weighted by Crippen LogP contribution is -2.02. The molecule has 0 radical (unpaired) electrons. The SMILES string of the molecule is N#Cc1cc(Nc2cc3ccccc3cc2N)c([N+](=O)[O-])cc1C#N. The molecule has 3 N–H and O–H groups in total. The van der Waals surface area contributed by atoms with Crippen LogP contribution in [0.25, 0.3) is 10.8 Å². The zero-order valence-corrected chi connectivity index (χ0v) is 12.9. The summed E-state index contributed by atoms with van der Waals surface area (Å²) in [7, 11) is 0. The molecule has 0 amide bonds. The number of anilines is 3. The van der Waals surface area contributed by atoms with Crippen LogP contribution in [0, 0.1) is 32.8 Å². The van der Waals surface area contributed by atoms with Crippen molar-refractivity contribution < 1.29 is 4.92 Å². The van der Waals surface area contributed by atoms with Crippen LogP contribution in [0.15, 0.2) is 48.5 Å². The summed E-state index contributed by atoms with van der Waals surface area (Å²) in [5, 5.41) is 34.3. The van der Waals surface area contributed by atoms with Crippen molar-refractivity contribution in [2.24, 2.45) is 0 Å². The van der Waals surface area contributed by atoms with Crippen molar-refractivity contribution in [1.29, 1.82) is 10.5 Å². The highest BCUT2D eigenvalue weighted by Gasteiger charge is 2.19. The van der Waals surface area contributed by atoms with Crippen LogP contribution in [0.1, 0.15) is 11.1 Å². The number of hydrogen-bond acceptors (Lipinski definition) is 6. The van der Waals surface area contributed by atoms with E-state index in [1.807, 2.05) is 30.3 Å². The summed E-state index contributed by atoms with van der Waals surface area (Å²) in [5.41, 5.74) is 6.73. The molecule has 120 valence electrons. The van der Waals surface area contributed by atoms with Crippen molar-refractivity contribution in [1.82, 2.24) is 0 Å². The average Bonchev–Trinajstić information content (AvgIpc) is 2.61. The molecule has 0 spiro atoms. The first-order chi connectivity index (χ1) is 12.0. The molecule has 0 heterocycles. The second-order valence-electron chi connectivity index (χ2n) is 5.31. The fourth-order valence-corrected chi connectivity index (χ4v) is 2.54. The highest BCUT2D eigenvalue weighted by atomic mass is 16.6. The highest BCUT2D eigenvalue weighted by Crippen LogP contribution is 2.34. The van der Waals surface area contributed by atoms with Gasteiger partial charge in [0.05, 0.1) is 27.4 Å². The van der Waals surface area contributed by atoms with E-state index in [0.717, 1.165) is 16.8 Å². The zero-order chi connectivity index (χ0) is 18.0. The summed E-state index contributed by atoms with van der Waals surface area (Å²) < 4.78 is 0. The first-order valence-corrected chi connectivity index (χ1v) is 7.21. The molecule has 7 heteroatoms. The number of nitrogen functional groups attached to an aromatic ring is 1. The lowest BCUT2D eigenvalue weighted by atomic mass is 10.1. The molecule has 0 fully saturated rings. The fraction of sp³-hybridized carbons (Fsp3) is 0. The van der Waals surface area contributed by atoms with Gasteiger partial charge in [0.25, 0.3) is 5.69 Å². The minimum Gasteiger partial charge on any atom is -0.397 e. The maximum atomic E-state index is 11.3. The molecule has 3 rings (SSSR count). The summed E-state index contributed by atoms with van der Waals surface area (Å²) in [6.45, 7) is 0. The van der Waals surface area contributed by atoms with Crippen LogP contribution in [0.4, 0.5) is 22.7 Å². The van der Waals surface area contributed by atoms with Crippen molar-refractivity contribution in [3.8, 4) is 12.1 Å². The number of nitro benzene ring substituents is 1. The highest BCUT2D eigenvalue weighted by molar-refractivity contribution is 5.93. The van der Waals surface area contributed by atoms with Crippen LogP contribution >= 0.6 is 0 Å². The molecule has 0 aromatic heterocycles. The summed E-state index contributed by atoms with van der Waals surface area (Å²) in [6, 6.07) is 17.1. The van der Waals surface area contributed by atoms with Gasteiger partial charge in [0.15, 0.2) is 0 Å². The maximum absolute atomic E-state index is 11.3. The number of nitriles is 2. The van der Waals surface area contributed by atoms with E-state index in [-0.39, 0.29) is 22.5 Å². The Bertz CT molecular complexity index is 1090. The predicted molar refractivity (Wildman–Crippen MR) is 94.2 cm³/mol. The fourth-order valence-electron chi connectivity index (χ4n) is 2.54. The van der Waals surface area contributed by atoms with Gasteiger partial charge >= 0.3 is 0 Å². The standard InChI is InChI=1S/C18H11N5O2/c19-9-13-7-17(18(23(24)25)8-14(13)10-20)22-16-6-12-4-2-1-3-11(12)5-15(16)21/h1-8,22H,21H2. The van der Waals surface area contributed by atoms with Crippen molar-refractivity contribution in [3.63, 3.8) is 0 Å². The van der Waals surface area contributed by atoms with Gasteiger partial charge in [-0.05, 0) is 29.0 Å². The molecule has 0 aliphatic heterocycles. The van der Waals surface area contributed by atoms with Crippen LogP contribution in [-0.2, 0) is 0 Å². The van der Waals surface area contributed by atoms with Crippen molar-refractivity contribution in [2.75, 3.05) is 11.1 Å². The second-order valence-corrected chi connectivity index (χ2v) is 5.31. The molecule has 3 aromatic rings. The molecule has 0 saturated heterocycles. The molecule has 25 heavy (non-hydrogen) atoms. The zero-order valence-electron chi connectivity index (χ0n) is 12.9. The first-order valence-electron chi connectivity index (χ1n) is 7.21. The summed E-state index contributed by atoms with van der Waals surface area (Å²) >= 11 is 0. The Labute approximate surface area is 142 Å². The van der Waals surface area contributed by atoms with Crippen LogP contribution in [0.5, 0.6) is 0 Å². The molecular weight excluding hydrogens is 318 g/mol. The summed E-state index contributed by atoms with van der Waals surface area (Å²) in [4.78, 5) is 10.7. The van der Waals surface area contributed by atoms with Gasteiger partial charge < -0.3 is 11.1 Å². The third-order valence-electron chi connectivity index (χ3n) is 3.76. The van der Waals surface area contributed by atoms with Gasteiger partial charge in [0, 0.05) is 6.07 Å². The second kappa shape index (κ2) is 6.19. The van der Waals surface area contributed by atoms with Crippen LogP contribution < -0.4 is 11.1 Å². The van der Waals surface area contributed by atoms with Gasteiger partial charge in [-0.25, -0.2) is 0 Å². The molecule has 0 saturated carbocycles. The van der Waals surface area contributed by atoms with E-state index in [1.165, 1.54) is 6.07 Å². The molecule has 0 aliphatic carbocycles. The van der Waals surface area contributed by atoms with Crippen molar-refractivity contribution in [2.45, 2.75) is 0 Å². The number of nitrogens with two attached hydrogens (primary N) is 1. The largest absolute Gasteiger partial charge is 0.397 e. The third-order valence-corrected chi connectivity index (χ3v) is 3.76. The van der Waals surface area contributed by atoms with E-state index >= 15 is 0 Å². The predicted octanol–water partition coefficient (Wildman–Crippen LogP) is 3.82. The average molecular weight is 329 g/mol. The van der Waals surface area contributed by atoms with E-state index in [4.69, 9.17) is 16.3 Å². The molecule has 7 nitrogen and oxygen atoms in total. The number of hydrogen-bond donors (Lipinski definition) is 2. The number of benzene rings is 3. The molecule has 0 aliphatic rings. The number of rotatable bonds is 3. The Balaban J connectivity index is 2.15. The smallest absolute Gasteiger partial charge is 0.294 e. The summed E-state index contributed by atoms with van der Waals surface area (Å²) in [6.07, 6.45) is 0. The normalized spacial score (nSPS) is 10.0. The Morgan fingerprint density at radius 2 is 1.56 bits per heavy atom. The number of fused-ring (bicyclic) bond motifs is 1. The van der Waals surface area contributed by atoms with Crippen molar-refractivity contribution in [3.05, 3.63) is 69.8 Å². The monoisotopic (exact) mass is 329 g/mol. The number of nitro groups is 1. The van der Waals surface area contributed by atoms with Gasteiger partial charge in [-0.1, -0.05) is 24.3 Å². The van der Waals surface area contributed by atoms with Gasteiger partial charge in [0.1, 0.15) is 17.8 Å². The van der Waals surface area contributed by atoms with Gasteiger partial charge in [-0.2, -0.15) is 10.5 Å². The van der Waals surface area contributed by atoms with E-state index < -0.39 is 4.92 Å². The van der Waals surface area contributed by atoms with Crippen LogP contribution in [0.2, 0.25) is 0 Å². The Kier molecular flexibility index (Phi) is 3.90. The molecule has 0 atom stereocenters.